The smallest absolute Gasteiger partial charge is 0.317 e. The van der Waals surface area contributed by atoms with Crippen LogP contribution in [-0.4, -0.2) is 35.7 Å². The predicted molar refractivity (Wildman–Crippen MR) is 77.7 cm³/mol. The molecule has 19 heavy (non-hydrogen) atoms. The van der Waals surface area contributed by atoms with Gasteiger partial charge >= 0.3 is 6.03 Å². The molecule has 0 saturated heterocycles. The zero-order valence-corrected chi connectivity index (χ0v) is 12.6. The molecule has 2 N–H and O–H groups in total. The lowest BCUT2D eigenvalue weighted by molar-refractivity contribution is 0.113. The van der Waals surface area contributed by atoms with Gasteiger partial charge in [0.1, 0.15) is 0 Å². The van der Waals surface area contributed by atoms with Crippen LogP contribution in [0.3, 0.4) is 0 Å². The molecule has 1 aliphatic carbocycles. The van der Waals surface area contributed by atoms with Crippen LogP contribution in [0.4, 0.5) is 4.79 Å². The summed E-state index contributed by atoms with van der Waals surface area (Å²) in [5.74, 6) is 0.390. The van der Waals surface area contributed by atoms with Crippen molar-refractivity contribution in [3.63, 3.8) is 0 Å². The fourth-order valence-corrected chi connectivity index (χ4v) is 2.17. The molecule has 0 bridgehead atoms. The zero-order valence-electron chi connectivity index (χ0n) is 11.0. The fraction of sp³-hybridized carbons (Fsp3) is 0.500. The van der Waals surface area contributed by atoms with Crippen LogP contribution in [0.2, 0.25) is 0 Å². The van der Waals surface area contributed by atoms with Crippen LogP contribution in [0.15, 0.2) is 28.7 Å². The molecule has 104 valence electrons. The lowest BCUT2D eigenvalue weighted by Crippen LogP contribution is -2.41. The number of aliphatic hydroxyl groups is 1. The van der Waals surface area contributed by atoms with Gasteiger partial charge in [-0.3, -0.25) is 0 Å². The molecular formula is C14H19BrN2O2. The number of nitrogens with zero attached hydrogens (tertiary/aromatic N) is 1. The minimum atomic E-state index is -0.386. The number of benzene rings is 1. The van der Waals surface area contributed by atoms with Gasteiger partial charge in [0.25, 0.3) is 0 Å². The molecule has 5 heteroatoms. The molecule has 1 saturated carbocycles. The van der Waals surface area contributed by atoms with Gasteiger partial charge in [-0.1, -0.05) is 28.1 Å². The van der Waals surface area contributed by atoms with E-state index in [1.165, 1.54) is 0 Å². The van der Waals surface area contributed by atoms with Gasteiger partial charge in [-0.2, -0.15) is 0 Å². The molecule has 0 radical (unpaired) electrons. The van der Waals surface area contributed by atoms with Crippen molar-refractivity contribution in [2.45, 2.75) is 25.5 Å². The van der Waals surface area contributed by atoms with Gasteiger partial charge in [0, 0.05) is 24.6 Å². The van der Waals surface area contributed by atoms with E-state index in [4.69, 9.17) is 0 Å². The van der Waals surface area contributed by atoms with Gasteiger partial charge in [-0.15, -0.1) is 0 Å². The topological polar surface area (TPSA) is 52.6 Å². The number of halogens is 1. The van der Waals surface area contributed by atoms with Gasteiger partial charge in [-0.05, 0) is 36.5 Å². The zero-order chi connectivity index (χ0) is 13.8. The summed E-state index contributed by atoms with van der Waals surface area (Å²) in [4.78, 5) is 13.4. The number of nitrogens with one attached hydrogen (secondary N) is 1. The summed E-state index contributed by atoms with van der Waals surface area (Å²) in [6, 6.07) is 7.67. The lowest BCUT2D eigenvalue weighted by atomic mass is 10.2. The molecule has 1 aromatic carbocycles. The Bertz CT molecular complexity index is 432. The normalized spacial score (nSPS) is 15.9. The molecule has 1 aliphatic rings. The average molecular weight is 327 g/mol. The maximum Gasteiger partial charge on any atom is 0.317 e. The van der Waals surface area contributed by atoms with Gasteiger partial charge in [0.2, 0.25) is 0 Å². The van der Waals surface area contributed by atoms with Crippen LogP contribution in [0.25, 0.3) is 0 Å². The van der Waals surface area contributed by atoms with Crippen LogP contribution in [0.1, 0.15) is 18.4 Å². The second-order valence-electron chi connectivity index (χ2n) is 5.07. The first-order valence-corrected chi connectivity index (χ1v) is 7.27. The van der Waals surface area contributed by atoms with E-state index in [1.807, 2.05) is 24.3 Å². The van der Waals surface area contributed by atoms with E-state index in [1.54, 1.807) is 11.9 Å². The highest BCUT2D eigenvalue weighted by molar-refractivity contribution is 9.10. The van der Waals surface area contributed by atoms with E-state index >= 15 is 0 Å². The summed E-state index contributed by atoms with van der Waals surface area (Å²) in [7, 11) is 1.71. The molecule has 1 unspecified atom stereocenters. The first-order chi connectivity index (χ1) is 9.06. The fourth-order valence-electron chi connectivity index (χ4n) is 1.91. The van der Waals surface area contributed by atoms with Gasteiger partial charge in [0.05, 0.1) is 6.10 Å². The second kappa shape index (κ2) is 6.39. The second-order valence-corrected chi connectivity index (χ2v) is 5.99. The standard InChI is InChI=1S/C14H19BrN2O2/c1-17(9-13(18)11-4-5-11)14(19)16-8-10-2-6-12(15)7-3-10/h2-3,6-7,11,13,18H,4-5,8-9H2,1H3,(H,16,19). The van der Waals surface area contributed by atoms with Crippen molar-refractivity contribution < 1.29 is 9.90 Å². The van der Waals surface area contributed by atoms with Crippen molar-refractivity contribution >= 4 is 22.0 Å². The summed E-state index contributed by atoms with van der Waals surface area (Å²) in [6.45, 7) is 0.896. The highest BCUT2D eigenvalue weighted by atomic mass is 79.9. The molecule has 0 aliphatic heterocycles. The molecule has 0 aromatic heterocycles. The third-order valence-corrected chi connectivity index (χ3v) is 3.86. The first kappa shape index (κ1) is 14.3. The Morgan fingerprint density at radius 3 is 2.68 bits per heavy atom. The number of hydrogen-bond acceptors (Lipinski definition) is 2. The van der Waals surface area contributed by atoms with Gasteiger partial charge in [0.15, 0.2) is 0 Å². The van der Waals surface area contributed by atoms with Crippen LogP contribution < -0.4 is 5.32 Å². The number of carbonyl (C=O) groups excluding carboxylic acids is 1. The molecule has 0 heterocycles. The maximum atomic E-state index is 11.9. The predicted octanol–water partition coefficient (Wildman–Crippen LogP) is 2.36. The Morgan fingerprint density at radius 1 is 1.47 bits per heavy atom. The molecule has 1 aromatic rings. The Kier molecular flexibility index (Phi) is 4.82. The van der Waals surface area contributed by atoms with E-state index in [0.717, 1.165) is 22.9 Å². The molecule has 1 fully saturated rings. The van der Waals surface area contributed by atoms with Crippen molar-refractivity contribution in [3.8, 4) is 0 Å². The highest BCUT2D eigenvalue weighted by Crippen LogP contribution is 2.32. The van der Waals surface area contributed by atoms with Crippen LogP contribution >= 0.6 is 15.9 Å². The Morgan fingerprint density at radius 2 is 2.11 bits per heavy atom. The van der Waals surface area contributed by atoms with Crippen LogP contribution in [-0.2, 0) is 6.54 Å². The molecular weight excluding hydrogens is 308 g/mol. The van der Waals surface area contributed by atoms with Gasteiger partial charge in [-0.25, -0.2) is 4.79 Å². The number of likely N-dealkylation sites (N-methyl/N-ethyl adjacent to an activating group) is 1. The summed E-state index contributed by atoms with van der Waals surface area (Å²) >= 11 is 3.37. The summed E-state index contributed by atoms with van der Waals surface area (Å²) in [5, 5.41) is 12.6. The van der Waals surface area contributed by atoms with Crippen molar-refractivity contribution in [1.82, 2.24) is 10.2 Å². The molecule has 2 amide bonds. The highest BCUT2D eigenvalue weighted by Gasteiger charge is 2.31. The largest absolute Gasteiger partial charge is 0.391 e. The SMILES string of the molecule is CN(CC(O)C1CC1)C(=O)NCc1ccc(Br)cc1. The van der Waals surface area contributed by atoms with E-state index in [2.05, 4.69) is 21.2 Å². The maximum absolute atomic E-state index is 11.9. The Hall–Kier alpha value is -1.07. The number of urea groups is 1. The third kappa shape index (κ3) is 4.51. The van der Waals surface area contributed by atoms with E-state index in [9.17, 15) is 9.90 Å². The quantitative estimate of drug-likeness (QED) is 0.872. The monoisotopic (exact) mass is 326 g/mol. The van der Waals surface area contributed by atoms with Crippen molar-refractivity contribution in [1.29, 1.82) is 0 Å². The minimum Gasteiger partial charge on any atom is -0.391 e. The van der Waals surface area contributed by atoms with E-state index in [0.29, 0.717) is 19.0 Å². The van der Waals surface area contributed by atoms with Crippen LogP contribution in [0.5, 0.6) is 0 Å². The Balaban J connectivity index is 1.75. The number of carbonyl (C=O) groups is 1. The van der Waals surface area contributed by atoms with Crippen LogP contribution in [0, 0.1) is 5.92 Å². The average Bonchev–Trinajstić information content (AvgIpc) is 3.21. The number of hydrogen-bond donors (Lipinski definition) is 2. The summed E-state index contributed by atoms with van der Waals surface area (Å²) < 4.78 is 1.02. The molecule has 1 atom stereocenters. The van der Waals surface area contributed by atoms with E-state index < -0.39 is 0 Å². The number of amides is 2. The Labute approximate surface area is 121 Å². The number of aliphatic hydroxyl groups excluding tert-OH is 1. The van der Waals surface area contributed by atoms with Crippen molar-refractivity contribution in [2.75, 3.05) is 13.6 Å². The van der Waals surface area contributed by atoms with E-state index in [-0.39, 0.29) is 12.1 Å². The molecule has 4 nitrogen and oxygen atoms in total. The third-order valence-electron chi connectivity index (χ3n) is 3.33. The lowest BCUT2D eigenvalue weighted by Gasteiger charge is -2.21. The summed E-state index contributed by atoms with van der Waals surface area (Å²) in [6.07, 6.45) is 1.77. The first-order valence-electron chi connectivity index (χ1n) is 6.47. The molecule has 0 spiro atoms. The van der Waals surface area contributed by atoms with Crippen molar-refractivity contribution in [3.05, 3.63) is 34.3 Å². The molecule has 2 rings (SSSR count). The number of rotatable bonds is 5. The van der Waals surface area contributed by atoms with Gasteiger partial charge < -0.3 is 15.3 Å². The minimum absolute atomic E-state index is 0.150. The summed E-state index contributed by atoms with van der Waals surface area (Å²) in [5.41, 5.74) is 1.05. The van der Waals surface area contributed by atoms with Crippen molar-refractivity contribution in [2.24, 2.45) is 5.92 Å².